The number of carbonyl (C=O) groups excluding carboxylic acids is 1. The Kier molecular flexibility index (Phi) is 6.47. The maximum atomic E-state index is 13.1. The predicted molar refractivity (Wildman–Crippen MR) is 136 cm³/mol. The van der Waals surface area contributed by atoms with Crippen LogP contribution in [0.2, 0.25) is 5.02 Å². The lowest BCUT2D eigenvalue weighted by molar-refractivity contribution is 0.103. The Balaban J connectivity index is 1.66. The van der Waals surface area contributed by atoms with Crippen LogP contribution in [0.5, 0.6) is 11.5 Å². The zero-order valence-corrected chi connectivity index (χ0v) is 21.2. The van der Waals surface area contributed by atoms with Crippen LogP contribution in [0.15, 0.2) is 18.2 Å². The number of fused-ring (bicyclic) bond motifs is 2. The van der Waals surface area contributed by atoms with E-state index in [1.54, 1.807) is 12.1 Å². The van der Waals surface area contributed by atoms with E-state index in [1.807, 2.05) is 0 Å². The third-order valence-electron chi connectivity index (χ3n) is 7.03. The van der Waals surface area contributed by atoms with Crippen molar-refractivity contribution in [2.24, 2.45) is 11.3 Å². The van der Waals surface area contributed by atoms with Crippen molar-refractivity contribution < 1.29 is 14.3 Å². The van der Waals surface area contributed by atoms with E-state index in [1.165, 1.54) is 31.1 Å². The molecule has 0 saturated heterocycles. The fraction of sp³-hybridized carbons (Fsp3) is 0.440. The standard InChI is InChI=1S/C25H30ClN3O3S/c1-6-25(2,3)14-7-8-17-13(9-14)10-15-21(27)22(33-24(15)29-17)23(30)28-18-11-16(26)19(31-4)12-20(18)32-5/h10-12,14H,6-9,27H2,1-5H3,(H,28,30). The van der Waals surface area contributed by atoms with Crippen molar-refractivity contribution in [1.29, 1.82) is 0 Å². The predicted octanol–water partition coefficient (Wildman–Crippen LogP) is 6.34. The maximum Gasteiger partial charge on any atom is 0.268 e. The zero-order chi connectivity index (χ0) is 23.9. The highest BCUT2D eigenvalue weighted by atomic mass is 35.5. The van der Waals surface area contributed by atoms with Crippen molar-refractivity contribution >= 4 is 50.4 Å². The number of benzene rings is 1. The fourth-order valence-electron chi connectivity index (χ4n) is 4.45. The molecule has 0 bridgehead atoms. The number of halogens is 1. The topological polar surface area (TPSA) is 86.5 Å². The molecule has 1 amide bonds. The lowest BCUT2D eigenvalue weighted by Gasteiger charge is -2.36. The monoisotopic (exact) mass is 487 g/mol. The van der Waals surface area contributed by atoms with Crippen LogP contribution in [0.1, 0.15) is 54.5 Å². The molecule has 1 aromatic carbocycles. The molecular formula is C25H30ClN3O3S. The Morgan fingerprint density at radius 2 is 2.00 bits per heavy atom. The number of amides is 1. The number of nitrogens with zero attached hydrogens (tertiary/aromatic N) is 1. The molecule has 6 nitrogen and oxygen atoms in total. The van der Waals surface area contributed by atoms with Gasteiger partial charge in [-0.25, -0.2) is 4.98 Å². The van der Waals surface area contributed by atoms with Crippen LogP contribution in [0.3, 0.4) is 0 Å². The number of hydrogen-bond acceptors (Lipinski definition) is 6. The van der Waals surface area contributed by atoms with Crippen LogP contribution in [0.4, 0.5) is 11.4 Å². The molecule has 1 aliphatic carbocycles. The van der Waals surface area contributed by atoms with Crippen LogP contribution in [0.25, 0.3) is 10.2 Å². The minimum absolute atomic E-state index is 0.288. The van der Waals surface area contributed by atoms with Gasteiger partial charge in [-0.1, -0.05) is 38.8 Å². The number of pyridine rings is 1. The molecule has 1 unspecified atom stereocenters. The number of methoxy groups -OCH3 is 2. The van der Waals surface area contributed by atoms with E-state index in [2.05, 4.69) is 32.2 Å². The number of anilines is 2. The lowest BCUT2D eigenvalue weighted by atomic mass is 9.69. The number of thiophene rings is 1. The van der Waals surface area contributed by atoms with Gasteiger partial charge in [0.15, 0.2) is 0 Å². The molecule has 0 radical (unpaired) electrons. The molecule has 2 heterocycles. The highest BCUT2D eigenvalue weighted by Gasteiger charge is 2.32. The van der Waals surface area contributed by atoms with E-state index in [9.17, 15) is 4.79 Å². The highest BCUT2D eigenvalue weighted by molar-refractivity contribution is 7.21. The van der Waals surface area contributed by atoms with Gasteiger partial charge in [-0.2, -0.15) is 0 Å². The van der Waals surface area contributed by atoms with Gasteiger partial charge >= 0.3 is 0 Å². The molecule has 0 saturated carbocycles. The second kappa shape index (κ2) is 9.03. The van der Waals surface area contributed by atoms with E-state index in [0.717, 1.165) is 41.6 Å². The molecule has 0 spiro atoms. The largest absolute Gasteiger partial charge is 0.495 e. The van der Waals surface area contributed by atoms with Gasteiger partial charge < -0.3 is 20.5 Å². The first-order valence-electron chi connectivity index (χ1n) is 11.1. The zero-order valence-electron chi connectivity index (χ0n) is 19.7. The second-order valence-electron chi connectivity index (χ2n) is 9.21. The Hall–Kier alpha value is -2.51. The molecule has 33 heavy (non-hydrogen) atoms. The number of aryl methyl sites for hydroxylation is 1. The van der Waals surface area contributed by atoms with E-state index in [-0.39, 0.29) is 11.3 Å². The van der Waals surface area contributed by atoms with Crippen molar-refractivity contribution in [3.05, 3.63) is 39.4 Å². The van der Waals surface area contributed by atoms with Crippen molar-refractivity contribution in [2.75, 3.05) is 25.3 Å². The van der Waals surface area contributed by atoms with E-state index in [0.29, 0.717) is 38.7 Å². The van der Waals surface area contributed by atoms with Crippen molar-refractivity contribution in [2.45, 2.75) is 46.5 Å². The summed E-state index contributed by atoms with van der Waals surface area (Å²) in [7, 11) is 3.04. The number of carbonyl (C=O) groups is 1. The van der Waals surface area contributed by atoms with Crippen molar-refractivity contribution in [1.82, 2.24) is 4.98 Å². The third-order valence-corrected chi connectivity index (χ3v) is 8.44. The Morgan fingerprint density at radius 1 is 1.27 bits per heavy atom. The number of aromatic nitrogens is 1. The summed E-state index contributed by atoms with van der Waals surface area (Å²) >= 11 is 7.56. The van der Waals surface area contributed by atoms with Gasteiger partial charge in [0.1, 0.15) is 21.2 Å². The van der Waals surface area contributed by atoms with Gasteiger partial charge in [0, 0.05) is 17.1 Å². The first-order chi connectivity index (χ1) is 15.7. The number of rotatable bonds is 6. The van der Waals surface area contributed by atoms with Crippen LogP contribution < -0.4 is 20.5 Å². The van der Waals surface area contributed by atoms with Crippen molar-refractivity contribution in [3.8, 4) is 11.5 Å². The van der Waals surface area contributed by atoms with Crippen LogP contribution in [-0.4, -0.2) is 25.1 Å². The van der Waals surface area contributed by atoms with Crippen LogP contribution in [0, 0.1) is 11.3 Å². The van der Waals surface area contributed by atoms with E-state index < -0.39 is 0 Å². The summed E-state index contributed by atoms with van der Waals surface area (Å²) in [4.78, 5) is 19.3. The second-order valence-corrected chi connectivity index (χ2v) is 10.6. The van der Waals surface area contributed by atoms with E-state index in [4.69, 9.17) is 31.8 Å². The normalized spacial score (nSPS) is 15.9. The number of nitrogens with one attached hydrogen (secondary N) is 1. The quantitative estimate of drug-likeness (QED) is 0.423. The van der Waals surface area contributed by atoms with Crippen LogP contribution in [-0.2, 0) is 12.8 Å². The van der Waals surface area contributed by atoms with Crippen LogP contribution >= 0.6 is 22.9 Å². The van der Waals surface area contributed by atoms with Gasteiger partial charge in [-0.3, -0.25) is 4.79 Å². The number of hydrogen-bond donors (Lipinski definition) is 2. The average molecular weight is 488 g/mol. The number of ether oxygens (including phenoxy) is 2. The minimum atomic E-state index is -0.321. The molecular weight excluding hydrogens is 458 g/mol. The Morgan fingerprint density at radius 3 is 2.67 bits per heavy atom. The Labute approximate surface area is 203 Å². The summed E-state index contributed by atoms with van der Waals surface area (Å²) in [5.74, 6) is 1.21. The molecule has 4 rings (SSSR count). The summed E-state index contributed by atoms with van der Waals surface area (Å²) in [5, 5.41) is 4.09. The van der Waals surface area contributed by atoms with Gasteiger partial charge in [0.2, 0.25) is 0 Å². The fourth-order valence-corrected chi connectivity index (χ4v) is 5.68. The number of nitrogens with two attached hydrogens (primary N) is 1. The summed E-state index contributed by atoms with van der Waals surface area (Å²) < 4.78 is 10.6. The molecule has 3 N–H and O–H groups in total. The maximum absolute atomic E-state index is 13.1. The number of nitrogen functional groups attached to an aromatic ring is 1. The smallest absolute Gasteiger partial charge is 0.268 e. The van der Waals surface area contributed by atoms with E-state index >= 15 is 0 Å². The summed E-state index contributed by atoms with van der Waals surface area (Å²) in [6.45, 7) is 6.94. The minimum Gasteiger partial charge on any atom is -0.495 e. The summed E-state index contributed by atoms with van der Waals surface area (Å²) in [6.07, 6.45) is 4.24. The highest BCUT2D eigenvalue weighted by Crippen LogP contribution is 2.42. The summed E-state index contributed by atoms with van der Waals surface area (Å²) in [6, 6.07) is 5.38. The van der Waals surface area contributed by atoms with Gasteiger partial charge in [0.25, 0.3) is 5.91 Å². The lowest BCUT2D eigenvalue weighted by Crippen LogP contribution is -2.29. The molecule has 1 aliphatic rings. The summed E-state index contributed by atoms with van der Waals surface area (Å²) in [5.41, 5.74) is 10.0. The molecule has 2 aromatic heterocycles. The van der Waals surface area contributed by atoms with Crippen molar-refractivity contribution in [3.63, 3.8) is 0 Å². The molecule has 0 aliphatic heterocycles. The molecule has 8 heteroatoms. The third kappa shape index (κ3) is 4.36. The first-order valence-corrected chi connectivity index (χ1v) is 12.3. The van der Waals surface area contributed by atoms with Gasteiger partial charge in [0.05, 0.1) is 30.6 Å². The van der Waals surface area contributed by atoms with Gasteiger partial charge in [-0.05, 0) is 48.3 Å². The molecule has 1 atom stereocenters. The molecule has 0 fully saturated rings. The molecule has 3 aromatic rings. The van der Waals surface area contributed by atoms with Gasteiger partial charge in [-0.15, -0.1) is 11.3 Å². The first kappa shape index (κ1) is 23.6. The SMILES string of the molecule is CCC(C)(C)C1CCc2nc3sc(C(=O)Nc4cc(Cl)c(OC)cc4OC)c(N)c3cc2C1. The molecule has 176 valence electrons. The Bertz CT molecular complexity index is 1220. The average Bonchev–Trinajstić information content (AvgIpc) is 3.12.